The summed E-state index contributed by atoms with van der Waals surface area (Å²) in [6.07, 6.45) is 3.31. The SMILES string of the molecule is CCCN(CCC)C(=O)c1ccnc(C(=O)Nc2ccc(C)cc2)c1. The second-order valence-electron chi connectivity index (χ2n) is 6.04. The maximum Gasteiger partial charge on any atom is 0.274 e. The standard InChI is InChI=1S/C20H25N3O2/c1-4-12-23(13-5-2)20(25)16-10-11-21-18(14-16)19(24)22-17-8-6-15(3)7-9-17/h6-11,14H,4-5,12-13H2,1-3H3,(H,22,24). The van der Waals surface area contributed by atoms with Crippen molar-refractivity contribution in [1.82, 2.24) is 9.88 Å². The van der Waals surface area contributed by atoms with E-state index in [1.807, 2.05) is 49.9 Å². The maximum absolute atomic E-state index is 12.7. The zero-order valence-corrected chi connectivity index (χ0v) is 15.1. The van der Waals surface area contributed by atoms with Gasteiger partial charge in [0.25, 0.3) is 11.8 Å². The lowest BCUT2D eigenvalue weighted by atomic mass is 10.1. The molecule has 1 aromatic heterocycles. The maximum atomic E-state index is 12.7. The molecule has 2 rings (SSSR count). The van der Waals surface area contributed by atoms with Crippen LogP contribution in [0.4, 0.5) is 5.69 Å². The quantitative estimate of drug-likeness (QED) is 0.832. The molecular weight excluding hydrogens is 314 g/mol. The molecular formula is C20H25N3O2. The van der Waals surface area contributed by atoms with Gasteiger partial charge in [-0.25, -0.2) is 0 Å². The number of amides is 2. The van der Waals surface area contributed by atoms with Crippen molar-refractivity contribution >= 4 is 17.5 Å². The molecule has 2 aromatic rings. The first kappa shape index (κ1) is 18.6. The first-order chi connectivity index (χ1) is 12.0. The molecule has 0 radical (unpaired) electrons. The Morgan fingerprint density at radius 1 is 1.04 bits per heavy atom. The first-order valence-electron chi connectivity index (χ1n) is 8.68. The summed E-state index contributed by atoms with van der Waals surface area (Å²) in [4.78, 5) is 31.0. The van der Waals surface area contributed by atoms with Crippen LogP contribution in [0.2, 0.25) is 0 Å². The van der Waals surface area contributed by atoms with Crippen molar-refractivity contribution in [2.75, 3.05) is 18.4 Å². The topological polar surface area (TPSA) is 62.3 Å². The highest BCUT2D eigenvalue weighted by molar-refractivity contribution is 6.04. The van der Waals surface area contributed by atoms with E-state index in [9.17, 15) is 9.59 Å². The Hall–Kier alpha value is -2.69. The van der Waals surface area contributed by atoms with Gasteiger partial charge in [0.1, 0.15) is 5.69 Å². The van der Waals surface area contributed by atoms with E-state index in [0.29, 0.717) is 24.3 Å². The van der Waals surface area contributed by atoms with Gasteiger partial charge < -0.3 is 10.2 Å². The van der Waals surface area contributed by atoms with Gasteiger partial charge in [0, 0.05) is 30.5 Å². The van der Waals surface area contributed by atoms with Gasteiger partial charge >= 0.3 is 0 Å². The molecule has 1 heterocycles. The Bertz CT molecular complexity index is 720. The summed E-state index contributed by atoms with van der Waals surface area (Å²) in [5.74, 6) is -0.383. The van der Waals surface area contributed by atoms with E-state index in [0.717, 1.165) is 18.4 Å². The van der Waals surface area contributed by atoms with E-state index >= 15 is 0 Å². The van der Waals surface area contributed by atoms with Crippen molar-refractivity contribution in [3.8, 4) is 0 Å². The van der Waals surface area contributed by atoms with Crippen molar-refractivity contribution in [1.29, 1.82) is 0 Å². The van der Waals surface area contributed by atoms with Gasteiger partial charge in [0.15, 0.2) is 0 Å². The van der Waals surface area contributed by atoms with Crippen LogP contribution in [0.1, 0.15) is 53.1 Å². The number of hydrogen-bond donors (Lipinski definition) is 1. The molecule has 5 nitrogen and oxygen atoms in total. The lowest BCUT2D eigenvalue weighted by molar-refractivity contribution is 0.0755. The fraction of sp³-hybridized carbons (Fsp3) is 0.350. The lowest BCUT2D eigenvalue weighted by Crippen LogP contribution is -2.32. The third kappa shape index (κ3) is 5.14. The Balaban J connectivity index is 2.15. The Kier molecular flexibility index (Phi) is 6.69. The van der Waals surface area contributed by atoms with Crippen molar-refractivity contribution < 1.29 is 9.59 Å². The van der Waals surface area contributed by atoms with Crippen LogP contribution in [0.25, 0.3) is 0 Å². The lowest BCUT2D eigenvalue weighted by Gasteiger charge is -2.21. The van der Waals surface area contributed by atoms with Crippen LogP contribution in [0.15, 0.2) is 42.6 Å². The normalized spacial score (nSPS) is 10.4. The number of nitrogens with one attached hydrogen (secondary N) is 1. The minimum Gasteiger partial charge on any atom is -0.339 e. The third-order valence-electron chi connectivity index (χ3n) is 3.82. The van der Waals surface area contributed by atoms with E-state index < -0.39 is 0 Å². The number of rotatable bonds is 7. The number of benzene rings is 1. The zero-order chi connectivity index (χ0) is 18.2. The third-order valence-corrected chi connectivity index (χ3v) is 3.82. The van der Waals surface area contributed by atoms with E-state index in [2.05, 4.69) is 10.3 Å². The van der Waals surface area contributed by atoms with E-state index in [4.69, 9.17) is 0 Å². The molecule has 0 atom stereocenters. The van der Waals surface area contributed by atoms with Crippen molar-refractivity contribution in [2.24, 2.45) is 0 Å². The van der Waals surface area contributed by atoms with E-state index in [1.165, 1.54) is 6.20 Å². The highest BCUT2D eigenvalue weighted by Crippen LogP contribution is 2.12. The predicted octanol–water partition coefficient (Wildman–Crippen LogP) is 3.90. The minimum atomic E-state index is -0.323. The molecule has 0 saturated heterocycles. The van der Waals surface area contributed by atoms with Gasteiger partial charge in [0.2, 0.25) is 0 Å². The van der Waals surface area contributed by atoms with Crippen LogP contribution in [0.5, 0.6) is 0 Å². The molecule has 0 bridgehead atoms. The van der Waals surface area contributed by atoms with Crippen molar-refractivity contribution in [2.45, 2.75) is 33.6 Å². The fourth-order valence-corrected chi connectivity index (χ4v) is 2.56. The summed E-state index contributed by atoms with van der Waals surface area (Å²) < 4.78 is 0. The molecule has 25 heavy (non-hydrogen) atoms. The minimum absolute atomic E-state index is 0.0597. The number of aryl methyl sites for hydroxylation is 1. The highest BCUT2D eigenvalue weighted by Gasteiger charge is 2.17. The van der Waals surface area contributed by atoms with Crippen molar-refractivity contribution in [3.63, 3.8) is 0 Å². The number of carbonyl (C=O) groups is 2. The molecule has 0 aliphatic rings. The summed E-state index contributed by atoms with van der Waals surface area (Å²) in [6, 6.07) is 10.7. The van der Waals surface area contributed by atoms with Crippen LogP contribution >= 0.6 is 0 Å². The molecule has 2 amide bonds. The zero-order valence-electron chi connectivity index (χ0n) is 15.1. The molecule has 0 fully saturated rings. The second-order valence-corrected chi connectivity index (χ2v) is 6.04. The second kappa shape index (κ2) is 8.97. The van der Waals surface area contributed by atoms with Gasteiger partial charge in [-0.2, -0.15) is 0 Å². The summed E-state index contributed by atoms with van der Waals surface area (Å²) in [6.45, 7) is 7.49. The van der Waals surface area contributed by atoms with E-state index in [-0.39, 0.29) is 17.5 Å². The number of pyridine rings is 1. The molecule has 0 spiro atoms. The van der Waals surface area contributed by atoms with Gasteiger partial charge in [-0.3, -0.25) is 14.6 Å². The average Bonchev–Trinajstić information content (AvgIpc) is 2.63. The van der Waals surface area contributed by atoms with Crippen LogP contribution < -0.4 is 5.32 Å². The number of anilines is 1. The van der Waals surface area contributed by atoms with Gasteiger partial charge in [-0.05, 0) is 44.0 Å². The fourth-order valence-electron chi connectivity index (χ4n) is 2.56. The molecule has 5 heteroatoms. The first-order valence-corrected chi connectivity index (χ1v) is 8.68. The van der Waals surface area contributed by atoms with Crippen LogP contribution in [-0.2, 0) is 0 Å². The Morgan fingerprint density at radius 3 is 2.28 bits per heavy atom. The monoisotopic (exact) mass is 339 g/mol. The number of nitrogens with zero attached hydrogens (tertiary/aromatic N) is 2. The highest BCUT2D eigenvalue weighted by atomic mass is 16.2. The summed E-state index contributed by atoms with van der Waals surface area (Å²) in [7, 11) is 0. The van der Waals surface area contributed by atoms with Crippen LogP contribution in [0, 0.1) is 6.92 Å². The molecule has 1 aromatic carbocycles. The number of aromatic nitrogens is 1. The number of carbonyl (C=O) groups excluding carboxylic acids is 2. The Labute approximate surface area is 149 Å². The average molecular weight is 339 g/mol. The molecule has 1 N–H and O–H groups in total. The summed E-state index contributed by atoms with van der Waals surface area (Å²) in [5.41, 5.74) is 2.55. The van der Waals surface area contributed by atoms with E-state index in [1.54, 1.807) is 12.1 Å². The molecule has 0 unspecified atom stereocenters. The molecule has 132 valence electrons. The largest absolute Gasteiger partial charge is 0.339 e. The van der Waals surface area contributed by atoms with Crippen LogP contribution in [0.3, 0.4) is 0 Å². The van der Waals surface area contributed by atoms with Gasteiger partial charge in [-0.15, -0.1) is 0 Å². The predicted molar refractivity (Wildman–Crippen MR) is 99.9 cm³/mol. The molecule has 0 aliphatic carbocycles. The van der Waals surface area contributed by atoms with Crippen LogP contribution in [-0.4, -0.2) is 34.8 Å². The smallest absolute Gasteiger partial charge is 0.274 e. The summed E-state index contributed by atoms with van der Waals surface area (Å²) in [5, 5.41) is 2.80. The molecule has 0 aliphatic heterocycles. The van der Waals surface area contributed by atoms with Gasteiger partial charge in [0.05, 0.1) is 0 Å². The molecule has 0 saturated carbocycles. The van der Waals surface area contributed by atoms with Gasteiger partial charge in [-0.1, -0.05) is 31.5 Å². The van der Waals surface area contributed by atoms with Crippen molar-refractivity contribution in [3.05, 3.63) is 59.4 Å². The summed E-state index contributed by atoms with van der Waals surface area (Å²) >= 11 is 0. The Morgan fingerprint density at radius 2 is 1.68 bits per heavy atom. The number of hydrogen-bond acceptors (Lipinski definition) is 3.